The van der Waals surface area contributed by atoms with E-state index in [1.807, 2.05) is 0 Å². The molecule has 1 rings (SSSR count). The van der Waals surface area contributed by atoms with E-state index in [1.54, 1.807) is 13.8 Å². The molecule has 0 bridgehead atoms. The Labute approximate surface area is 115 Å². The fourth-order valence-corrected chi connectivity index (χ4v) is 3.23. The number of alkyl halides is 3. The van der Waals surface area contributed by atoms with E-state index in [9.17, 15) is 26.4 Å². The van der Waals surface area contributed by atoms with Gasteiger partial charge in [-0.15, -0.1) is 0 Å². The highest BCUT2D eigenvalue weighted by atomic mass is 32.2. The number of hydrogen-bond acceptors (Lipinski definition) is 3. The molecule has 20 heavy (non-hydrogen) atoms. The molecule has 0 fully saturated rings. The molecule has 1 aromatic rings. The number of rotatable bonds is 5. The van der Waals surface area contributed by atoms with Crippen LogP contribution in [-0.4, -0.2) is 20.0 Å². The summed E-state index contributed by atoms with van der Waals surface area (Å²) in [6, 6.07) is 3.89. The maximum Gasteiger partial charge on any atom is 0.417 e. The number of sulfone groups is 1. The summed E-state index contributed by atoms with van der Waals surface area (Å²) in [4.78, 5) is 10.8. The molecule has 3 nitrogen and oxygen atoms in total. The highest BCUT2D eigenvalue weighted by Gasteiger charge is 2.37. The topological polar surface area (TPSA) is 51.2 Å². The van der Waals surface area contributed by atoms with Crippen LogP contribution in [0.15, 0.2) is 29.2 Å². The minimum atomic E-state index is -4.77. The van der Waals surface area contributed by atoms with Gasteiger partial charge in [-0.3, -0.25) is 4.79 Å². The van der Waals surface area contributed by atoms with E-state index in [2.05, 4.69) is 0 Å². The van der Waals surface area contributed by atoms with E-state index >= 15 is 0 Å². The number of Topliss-reactive ketones (excluding diaryl/α,β-unsaturated/α-hetero) is 1. The molecule has 1 unspecified atom stereocenters. The fourth-order valence-electron chi connectivity index (χ4n) is 1.61. The van der Waals surface area contributed by atoms with Gasteiger partial charge in [0.15, 0.2) is 15.6 Å². The van der Waals surface area contributed by atoms with Gasteiger partial charge < -0.3 is 0 Å². The standard InChI is InChI=1S/C13H15F3O3S/c1-3-9(2)11(17)8-20(18,19)12-7-5-4-6-10(12)13(14,15)16/h4-7,9H,3,8H2,1-2H3. The smallest absolute Gasteiger partial charge is 0.298 e. The molecule has 0 aliphatic carbocycles. The van der Waals surface area contributed by atoms with Crippen LogP contribution in [0.5, 0.6) is 0 Å². The molecule has 0 spiro atoms. The van der Waals surface area contributed by atoms with Crippen molar-refractivity contribution >= 4 is 15.6 Å². The first-order valence-corrected chi connectivity index (χ1v) is 7.66. The maximum absolute atomic E-state index is 12.8. The largest absolute Gasteiger partial charge is 0.417 e. The van der Waals surface area contributed by atoms with E-state index in [0.717, 1.165) is 12.1 Å². The molecule has 0 aliphatic rings. The van der Waals surface area contributed by atoms with Gasteiger partial charge in [0.2, 0.25) is 0 Å². The van der Waals surface area contributed by atoms with Gasteiger partial charge in [0.05, 0.1) is 10.5 Å². The Morgan fingerprint density at radius 3 is 2.30 bits per heavy atom. The van der Waals surface area contributed by atoms with Crippen LogP contribution < -0.4 is 0 Å². The van der Waals surface area contributed by atoms with Crippen LogP contribution in [0, 0.1) is 5.92 Å². The van der Waals surface area contributed by atoms with Gasteiger partial charge in [-0.05, 0) is 18.6 Å². The molecule has 1 aromatic carbocycles. The van der Waals surface area contributed by atoms with Crippen LogP contribution in [0.25, 0.3) is 0 Å². The summed E-state index contributed by atoms with van der Waals surface area (Å²) in [6.45, 7) is 3.26. The molecule has 0 saturated heterocycles. The first kappa shape index (κ1) is 16.7. The van der Waals surface area contributed by atoms with Gasteiger partial charge in [-0.2, -0.15) is 13.2 Å². The SMILES string of the molecule is CCC(C)C(=O)CS(=O)(=O)c1ccccc1C(F)(F)F. The van der Waals surface area contributed by atoms with Gasteiger partial charge in [0.25, 0.3) is 0 Å². The Balaban J connectivity index is 3.21. The van der Waals surface area contributed by atoms with Crippen LogP contribution in [0.3, 0.4) is 0 Å². The molecule has 7 heteroatoms. The quantitative estimate of drug-likeness (QED) is 0.840. The summed E-state index contributed by atoms with van der Waals surface area (Å²) in [5.41, 5.74) is -1.24. The number of halogens is 3. The highest BCUT2D eigenvalue weighted by molar-refractivity contribution is 7.92. The minimum Gasteiger partial charge on any atom is -0.298 e. The van der Waals surface area contributed by atoms with E-state index in [-0.39, 0.29) is 0 Å². The Bertz CT molecular complexity index is 591. The number of hydrogen-bond donors (Lipinski definition) is 0. The van der Waals surface area contributed by atoms with Crippen molar-refractivity contribution < 1.29 is 26.4 Å². The van der Waals surface area contributed by atoms with Crippen molar-refractivity contribution in [1.82, 2.24) is 0 Å². The second-order valence-electron chi connectivity index (χ2n) is 4.53. The van der Waals surface area contributed by atoms with Crippen molar-refractivity contribution in [2.24, 2.45) is 5.92 Å². The molecule has 0 radical (unpaired) electrons. The highest BCUT2D eigenvalue weighted by Crippen LogP contribution is 2.34. The average molecular weight is 308 g/mol. The predicted octanol–water partition coefficient (Wildman–Crippen LogP) is 3.09. The van der Waals surface area contributed by atoms with Crippen molar-refractivity contribution in [3.05, 3.63) is 29.8 Å². The molecule has 0 aliphatic heterocycles. The summed E-state index contributed by atoms with van der Waals surface area (Å²) < 4.78 is 62.4. The lowest BCUT2D eigenvalue weighted by Crippen LogP contribution is -2.23. The molecule has 0 heterocycles. The number of carbonyl (C=O) groups is 1. The summed E-state index contributed by atoms with van der Waals surface area (Å²) in [7, 11) is -4.30. The third-order valence-corrected chi connectivity index (χ3v) is 4.71. The summed E-state index contributed by atoms with van der Waals surface area (Å²) in [5.74, 6) is -1.98. The number of ketones is 1. The molecule has 0 amide bonds. The molecule has 0 N–H and O–H groups in total. The lowest BCUT2D eigenvalue weighted by Gasteiger charge is -2.13. The molecule has 0 saturated carbocycles. The molecular formula is C13H15F3O3S. The van der Waals surface area contributed by atoms with Crippen LogP contribution >= 0.6 is 0 Å². The van der Waals surface area contributed by atoms with E-state index in [1.165, 1.54) is 6.07 Å². The van der Waals surface area contributed by atoms with Gasteiger partial charge in [-0.25, -0.2) is 8.42 Å². The Kier molecular flexibility index (Phi) is 4.96. The first-order chi connectivity index (χ1) is 9.09. The maximum atomic E-state index is 12.8. The molecule has 0 aromatic heterocycles. The van der Waals surface area contributed by atoms with Gasteiger partial charge in [0, 0.05) is 5.92 Å². The van der Waals surface area contributed by atoms with Crippen LogP contribution in [0.4, 0.5) is 13.2 Å². The van der Waals surface area contributed by atoms with E-state index in [4.69, 9.17) is 0 Å². The fraction of sp³-hybridized carbons (Fsp3) is 0.462. The van der Waals surface area contributed by atoms with E-state index in [0.29, 0.717) is 12.5 Å². The van der Waals surface area contributed by atoms with Crippen molar-refractivity contribution in [2.45, 2.75) is 31.3 Å². The zero-order valence-corrected chi connectivity index (χ0v) is 11.9. The van der Waals surface area contributed by atoms with Crippen LogP contribution in [0.1, 0.15) is 25.8 Å². The third kappa shape index (κ3) is 3.82. The average Bonchev–Trinajstić information content (AvgIpc) is 2.36. The zero-order valence-electron chi connectivity index (χ0n) is 11.1. The van der Waals surface area contributed by atoms with Crippen LogP contribution in [0.2, 0.25) is 0 Å². The Morgan fingerprint density at radius 2 is 1.80 bits per heavy atom. The lowest BCUT2D eigenvalue weighted by molar-refractivity contribution is -0.140. The second-order valence-corrected chi connectivity index (χ2v) is 6.49. The summed E-state index contributed by atoms with van der Waals surface area (Å²) >= 11 is 0. The van der Waals surface area contributed by atoms with Crippen molar-refractivity contribution in [3.8, 4) is 0 Å². The predicted molar refractivity (Wildman–Crippen MR) is 68.0 cm³/mol. The molecule has 112 valence electrons. The Morgan fingerprint density at radius 1 is 1.25 bits per heavy atom. The lowest BCUT2D eigenvalue weighted by atomic mass is 10.1. The minimum absolute atomic E-state index is 0.440. The first-order valence-electron chi connectivity index (χ1n) is 6.01. The number of benzene rings is 1. The van der Waals surface area contributed by atoms with Gasteiger partial charge in [-0.1, -0.05) is 26.0 Å². The Hall–Kier alpha value is -1.37. The van der Waals surface area contributed by atoms with Crippen molar-refractivity contribution in [3.63, 3.8) is 0 Å². The van der Waals surface area contributed by atoms with Gasteiger partial charge >= 0.3 is 6.18 Å². The van der Waals surface area contributed by atoms with E-state index < -0.39 is 43.9 Å². The number of carbonyl (C=O) groups excluding carboxylic acids is 1. The summed E-state index contributed by atoms with van der Waals surface area (Å²) in [5, 5.41) is 0. The third-order valence-electron chi connectivity index (χ3n) is 3.02. The monoisotopic (exact) mass is 308 g/mol. The second kappa shape index (κ2) is 5.95. The van der Waals surface area contributed by atoms with Crippen molar-refractivity contribution in [1.29, 1.82) is 0 Å². The molecule has 1 atom stereocenters. The normalized spacial score (nSPS) is 14.1. The molecular weight excluding hydrogens is 293 g/mol. The van der Waals surface area contributed by atoms with Crippen molar-refractivity contribution in [2.75, 3.05) is 5.75 Å². The van der Waals surface area contributed by atoms with Gasteiger partial charge in [0.1, 0.15) is 5.75 Å². The van der Waals surface area contributed by atoms with Crippen LogP contribution in [-0.2, 0) is 20.8 Å². The zero-order chi connectivity index (χ0) is 15.6. The summed E-state index contributed by atoms with van der Waals surface area (Å²) in [6.07, 6.45) is -4.33.